The van der Waals surface area contributed by atoms with Crippen LogP contribution in [-0.2, 0) is 4.79 Å². The highest BCUT2D eigenvalue weighted by Crippen LogP contribution is 2.35. The Balaban J connectivity index is 2.22. The Morgan fingerprint density at radius 1 is 1.59 bits per heavy atom. The molecule has 0 heterocycles. The van der Waals surface area contributed by atoms with Crippen LogP contribution < -0.4 is 10.5 Å². The van der Waals surface area contributed by atoms with E-state index in [2.05, 4.69) is 15.9 Å². The molecule has 1 fully saturated rings. The summed E-state index contributed by atoms with van der Waals surface area (Å²) >= 11 is 3.36. The molecule has 0 aliphatic heterocycles. The summed E-state index contributed by atoms with van der Waals surface area (Å²) in [4.78, 5) is 10.9. The molecule has 1 aliphatic rings. The fourth-order valence-corrected chi connectivity index (χ4v) is 2.04. The minimum atomic E-state index is -1.06. The van der Waals surface area contributed by atoms with Gasteiger partial charge in [0.1, 0.15) is 11.8 Å². The van der Waals surface area contributed by atoms with E-state index in [-0.39, 0.29) is 0 Å². The van der Waals surface area contributed by atoms with Gasteiger partial charge in [-0.3, -0.25) is 4.79 Å². The second kappa shape index (κ2) is 5.06. The van der Waals surface area contributed by atoms with E-state index in [0.717, 1.165) is 4.47 Å². The van der Waals surface area contributed by atoms with Crippen molar-refractivity contribution in [2.45, 2.75) is 18.9 Å². The zero-order valence-corrected chi connectivity index (χ0v) is 10.8. The number of para-hydroxylation sites is 1. The van der Waals surface area contributed by atoms with Gasteiger partial charge >= 0.3 is 5.97 Å². The first-order chi connectivity index (χ1) is 8.09. The van der Waals surface area contributed by atoms with Gasteiger partial charge in [0.05, 0.1) is 11.1 Å². The zero-order chi connectivity index (χ0) is 12.4. The Morgan fingerprint density at radius 3 is 2.88 bits per heavy atom. The van der Waals surface area contributed by atoms with E-state index >= 15 is 0 Å². The van der Waals surface area contributed by atoms with Crippen LogP contribution in [0.15, 0.2) is 22.7 Å². The van der Waals surface area contributed by atoms with Gasteiger partial charge < -0.3 is 15.6 Å². The van der Waals surface area contributed by atoms with E-state index in [4.69, 9.17) is 15.6 Å². The zero-order valence-electron chi connectivity index (χ0n) is 9.23. The number of hydrogen-bond donors (Lipinski definition) is 2. The molecule has 1 aliphatic carbocycles. The number of rotatable bonds is 5. The van der Waals surface area contributed by atoms with E-state index in [1.54, 1.807) is 12.1 Å². The fourth-order valence-electron chi connectivity index (χ4n) is 1.54. The molecule has 4 nitrogen and oxygen atoms in total. The lowest BCUT2D eigenvalue weighted by Crippen LogP contribution is -2.21. The van der Waals surface area contributed by atoms with Crippen LogP contribution >= 0.6 is 15.9 Å². The van der Waals surface area contributed by atoms with Gasteiger partial charge in [0.15, 0.2) is 0 Å². The first kappa shape index (κ1) is 12.4. The minimum absolute atomic E-state index is 0.507. The number of benzene rings is 1. The minimum Gasteiger partial charge on any atom is -0.492 e. The van der Waals surface area contributed by atoms with Crippen molar-refractivity contribution < 1.29 is 14.6 Å². The van der Waals surface area contributed by atoms with Crippen LogP contribution in [0, 0.1) is 5.92 Å². The van der Waals surface area contributed by atoms with E-state index < -0.39 is 12.0 Å². The van der Waals surface area contributed by atoms with Crippen LogP contribution in [0.3, 0.4) is 0 Å². The molecule has 1 atom stereocenters. The third kappa shape index (κ3) is 2.98. The maximum absolute atomic E-state index is 10.9. The average Bonchev–Trinajstić information content (AvgIpc) is 3.10. The maximum Gasteiger partial charge on any atom is 0.325 e. The summed E-state index contributed by atoms with van der Waals surface area (Å²) in [6.07, 6.45) is 2.37. The third-order valence-corrected chi connectivity index (χ3v) is 3.38. The average molecular weight is 300 g/mol. The van der Waals surface area contributed by atoms with Crippen LogP contribution in [-0.4, -0.2) is 17.7 Å². The second-order valence-electron chi connectivity index (χ2n) is 4.23. The number of hydrogen-bond acceptors (Lipinski definition) is 3. The van der Waals surface area contributed by atoms with Crippen molar-refractivity contribution in [1.82, 2.24) is 0 Å². The first-order valence-electron chi connectivity index (χ1n) is 5.49. The largest absolute Gasteiger partial charge is 0.492 e. The van der Waals surface area contributed by atoms with Gasteiger partial charge in [-0.25, -0.2) is 0 Å². The van der Waals surface area contributed by atoms with E-state index in [0.29, 0.717) is 23.8 Å². The van der Waals surface area contributed by atoms with Crippen LogP contribution in [0.1, 0.15) is 24.4 Å². The van der Waals surface area contributed by atoms with Gasteiger partial charge in [-0.15, -0.1) is 0 Å². The first-order valence-corrected chi connectivity index (χ1v) is 6.28. The highest BCUT2D eigenvalue weighted by Gasteiger charge is 2.25. The molecule has 0 saturated heterocycles. The molecule has 1 aromatic rings. The quantitative estimate of drug-likeness (QED) is 0.875. The molecule has 1 unspecified atom stereocenters. The number of halogens is 1. The van der Waals surface area contributed by atoms with Crippen LogP contribution in [0.4, 0.5) is 0 Å². The number of ether oxygens (including phenoxy) is 1. The van der Waals surface area contributed by atoms with Crippen molar-refractivity contribution in [2.75, 3.05) is 6.61 Å². The third-order valence-electron chi connectivity index (χ3n) is 2.76. The van der Waals surface area contributed by atoms with E-state index in [1.807, 2.05) is 6.07 Å². The summed E-state index contributed by atoms with van der Waals surface area (Å²) in [5.74, 6) is 0.102. The molecular weight excluding hydrogens is 286 g/mol. The van der Waals surface area contributed by atoms with Gasteiger partial charge in [0, 0.05) is 5.56 Å². The SMILES string of the molecule is NC(C(=O)O)c1cccc(Br)c1OCC1CC1. The van der Waals surface area contributed by atoms with Gasteiger partial charge in [0.2, 0.25) is 0 Å². The maximum atomic E-state index is 10.9. The number of nitrogens with two attached hydrogens (primary N) is 1. The lowest BCUT2D eigenvalue weighted by atomic mass is 10.1. The smallest absolute Gasteiger partial charge is 0.325 e. The molecule has 0 bridgehead atoms. The van der Waals surface area contributed by atoms with Crippen molar-refractivity contribution in [3.05, 3.63) is 28.2 Å². The number of aliphatic carboxylic acids is 1. The summed E-state index contributed by atoms with van der Waals surface area (Å²) < 4.78 is 6.42. The molecule has 1 aromatic carbocycles. The monoisotopic (exact) mass is 299 g/mol. The molecular formula is C12H14BrNO3. The van der Waals surface area contributed by atoms with Gasteiger partial charge in [-0.2, -0.15) is 0 Å². The summed E-state index contributed by atoms with van der Waals surface area (Å²) in [7, 11) is 0. The topological polar surface area (TPSA) is 72.6 Å². The summed E-state index contributed by atoms with van der Waals surface area (Å²) in [5, 5.41) is 8.94. The van der Waals surface area contributed by atoms with Crippen LogP contribution in [0.5, 0.6) is 5.75 Å². The second-order valence-corrected chi connectivity index (χ2v) is 5.08. The van der Waals surface area contributed by atoms with Crippen molar-refractivity contribution >= 4 is 21.9 Å². The normalized spacial score (nSPS) is 16.6. The molecule has 0 aromatic heterocycles. The molecule has 0 amide bonds. The van der Waals surface area contributed by atoms with Crippen molar-refractivity contribution in [3.8, 4) is 5.75 Å². The molecule has 2 rings (SSSR count). The molecule has 3 N–H and O–H groups in total. The molecule has 0 spiro atoms. The summed E-state index contributed by atoms with van der Waals surface area (Å²) in [6, 6.07) is 4.21. The van der Waals surface area contributed by atoms with E-state index in [9.17, 15) is 4.79 Å². The van der Waals surface area contributed by atoms with Gasteiger partial charge in [0.25, 0.3) is 0 Å². The highest BCUT2D eigenvalue weighted by molar-refractivity contribution is 9.10. The Bertz CT molecular complexity index is 432. The standard InChI is InChI=1S/C12H14BrNO3/c13-9-3-1-2-8(10(14)12(15)16)11(9)17-6-7-4-5-7/h1-3,7,10H,4-6,14H2,(H,15,16). The molecule has 17 heavy (non-hydrogen) atoms. The van der Waals surface area contributed by atoms with Crippen LogP contribution in [0.2, 0.25) is 0 Å². The van der Waals surface area contributed by atoms with E-state index in [1.165, 1.54) is 12.8 Å². The summed E-state index contributed by atoms with van der Waals surface area (Å²) in [6.45, 7) is 0.627. The molecule has 1 saturated carbocycles. The highest BCUT2D eigenvalue weighted by atomic mass is 79.9. The lowest BCUT2D eigenvalue weighted by Gasteiger charge is -2.15. The predicted octanol–water partition coefficient (Wildman–Crippen LogP) is 2.32. The van der Waals surface area contributed by atoms with Crippen molar-refractivity contribution in [1.29, 1.82) is 0 Å². The van der Waals surface area contributed by atoms with Gasteiger partial charge in [-0.1, -0.05) is 12.1 Å². The Kier molecular flexibility index (Phi) is 3.69. The number of carboxylic acids is 1. The molecule has 5 heteroatoms. The van der Waals surface area contributed by atoms with Gasteiger partial charge in [-0.05, 0) is 40.8 Å². The fraction of sp³-hybridized carbons (Fsp3) is 0.417. The summed E-state index contributed by atoms with van der Waals surface area (Å²) in [5.41, 5.74) is 6.14. The number of carboxylic acid groups (broad SMARTS) is 1. The van der Waals surface area contributed by atoms with Crippen molar-refractivity contribution in [3.63, 3.8) is 0 Å². The lowest BCUT2D eigenvalue weighted by molar-refractivity contribution is -0.138. The van der Waals surface area contributed by atoms with Crippen LogP contribution in [0.25, 0.3) is 0 Å². The Morgan fingerprint density at radius 2 is 2.29 bits per heavy atom. The molecule has 0 radical (unpaired) electrons. The Labute approximate surface area is 108 Å². The Hall–Kier alpha value is -1.07. The predicted molar refractivity (Wildman–Crippen MR) is 66.9 cm³/mol. The molecule has 92 valence electrons. The van der Waals surface area contributed by atoms with Crippen molar-refractivity contribution in [2.24, 2.45) is 11.7 Å². The number of carbonyl (C=O) groups is 1.